The van der Waals surface area contributed by atoms with Crippen molar-refractivity contribution < 1.29 is 14.5 Å². The highest BCUT2D eigenvalue weighted by Gasteiger charge is 2.20. The summed E-state index contributed by atoms with van der Waals surface area (Å²) in [6.07, 6.45) is 3.21. The number of hydrogen-bond donors (Lipinski definition) is 4. The lowest BCUT2D eigenvalue weighted by molar-refractivity contribution is -0.384. The topological polar surface area (TPSA) is 138 Å². The number of benzene rings is 2. The van der Waals surface area contributed by atoms with E-state index < -0.39 is 10.8 Å². The molecule has 1 unspecified atom stereocenters. The van der Waals surface area contributed by atoms with Crippen molar-refractivity contribution in [3.8, 4) is 0 Å². The molecule has 0 saturated heterocycles. The van der Waals surface area contributed by atoms with Crippen LogP contribution in [0.3, 0.4) is 0 Å². The number of aromatic nitrogens is 1. The van der Waals surface area contributed by atoms with Crippen LogP contribution in [-0.4, -0.2) is 28.4 Å². The van der Waals surface area contributed by atoms with E-state index in [1.807, 2.05) is 19.1 Å². The Hall–Kier alpha value is -4.73. The SMILES string of the molecule is C=CCNC(=O)Nc1ccc(NC(=O)c2ccc(NC(C)c3ccccn3)c([N+](=O)[O-])c2)cc1. The van der Waals surface area contributed by atoms with Crippen LogP contribution < -0.4 is 21.3 Å². The van der Waals surface area contributed by atoms with Crippen molar-refractivity contribution in [1.29, 1.82) is 0 Å². The molecule has 10 heteroatoms. The number of nitro groups is 1. The minimum atomic E-state index is -0.540. The number of nitro benzene ring substituents is 1. The predicted octanol–water partition coefficient (Wildman–Crippen LogP) is 4.72. The normalized spacial score (nSPS) is 11.1. The average molecular weight is 460 g/mol. The van der Waals surface area contributed by atoms with Crippen LogP contribution in [0.2, 0.25) is 0 Å². The zero-order valence-electron chi connectivity index (χ0n) is 18.4. The van der Waals surface area contributed by atoms with Crippen molar-refractivity contribution in [2.75, 3.05) is 22.5 Å². The molecule has 0 aliphatic heterocycles. The van der Waals surface area contributed by atoms with Crippen LogP contribution >= 0.6 is 0 Å². The molecule has 0 bridgehead atoms. The molecule has 0 aliphatic carbocycles. The quantitative estimate of drug-likeness (QED) is 0.207. The van der Waals surface area contributed by atoms with Gasteiger partial charge in [-0.05, 0) is 55.5 Å². The minimum Gasteiger partial charge on any atom is -0.371 e. The fraction of sp³-hybridized carbons (Fsp3) is 0.125. The van der Waals surface area contributed by atoms with E-state index in [4.69, 9.17) is 0 Å². The van der Waals surface area contributed by atoms with E-state index in [1.165, 1.54) is 18.2 Å². The summed E-state index contributed by atoms with van der Waals surface area (Å²) in [5, 5.41) is 22.6. The molecular formula is C24H24N6O4. The van der Waals surface area contributed by atoms with Gasteiger partial charge in [0.25, 0.3) is 11.6 Å². The Morgan fingerprint density at radius 2 is 1.79 bits per heavy atom. The molecular weight excluding hydrogens is 436 g/mol. The summed E-state index contributed by atoms with van der Waals surface area (Å²) in [5.41, 5.74) is 1.93. The molecule has 0 saturated carbocycles. The van der Waals surface area contributed by atoms with Crippen LogP contribution in [0.1, 0.15) is 29.0 Å². The predicted molar refractivity (Wildman–Crippen MR) is 131 cm³/mol. The van der Waals surface area contributed by atoms with Gasteiger partial charge < -0.3 is 21.3 Å². The van der Waals surface area contributed by atoms with E-state index >= 15 is 0 Å². The van der Waals surface area contributed by atoms with E-state index in [2.05, 4.69) is 32.8 Å². The zero-order chi connectivity index (χ0) is 24.5. The van der Waals surface area contributed by atoms with Gasteiger partial charge in [0, 0.05) is 35.7 Å². The average Bonchev–Trinajstić information content (AvgIpc) is 2.84. The number of carbonyl (C=O) groups excluding carboxylic acids is 2. The van der Waals surface area contributed by atoms with Gasteiger partial charge in [-0.25, -0.2) is 4.79 Å². The number of nitrogens with zero attached hydrogens (tertiary/aromatic N) is 2. The summed E-state index contributed by atoms with van der Waals surface area (Å²) in [7, 11) is 0. The molecule has 34 heavy (non-hydrogen) atoms. The number of anilines is 3. The highest BCUT2D eigenvalue weighted by atomic mass is 16.6. The molecule has 0 fully saturated rings. The number of urea groups is 1. The van der Waals surface area contributed by atoms with Crippen LogP contribution in [0.15, 0.2) is 79.5 Å². The van der Waals surface area contributed by atoms with Gasteiger partial charge in [-0.3, -0.25) is 19.9 Å². The van der Waals surface area contributed by atoms with Crippen LogP contribution in [0.5, 0.6) is 0 Å². The summed E-state index contributed by atoms with van der Waals surface area (Å²) in [6.45, 7) is 5.70. The van der Waals surface area contributed by atoms with E-state index in [9.17, 15) is 19.7 Å². The maximum absolute atomic E-state index is 12.7. The number of pyridine rings is 1. The first-order valence-corrected chi connectivity index (χ1v) is 10.4. The third kappa shape index (κ3) is 6.39. The largest absolute Gasteiger partial charge is 0.371 e. The Bertz CT molecular complexity index is 1180. The third-order valence-electron chi connectivity index (χ3n) is 4.77. The maximum atomic E-state index is 12.7. The van der Waals surface area contributed by atoms with Crippen LogP contribution in [0.4, 0.5) is 27.5 Å². The van der Waals surface area contributed by atoms with Crippen molar-refractivity contribution in [2.24, 2.45) is 0 Å². The second-order valence-corrected chi connectivity index (χ2v) is 7.26. The molecule has 0 aliphatic rings. The summed E-state index contributed by atoms with van der Waals surface area (Å²) in [5.74, 6) is -0.503. The second kappa shape index (κ2) is 11.2. The Morgan fingerprint density at radius 3 is 2.41 bits per heavy atom. The van der Waals surface area contributed by atoms with Crippen LogP contribution in [0, 0.1) is 10.1 Å². The number of hydrogen-bond acceptors (Lipinski definition) is 6. The zero-order valence-corrected chi connectivity index (χ0v) is 18.4. The molecule has 10 nitrogen and oxygen atoms in total. The Balaban J connectivity index is 1.69. The molecule has 2 aromatic carbocycles. The first kappa shape index (κ1) is 23.9. The highest BCUT2D eigenvalue weighted by Crippen LogP contribution is 2.29. The van der Waals surface area contributed by atoms with E-state index in [0.29, 0.717) is 17.9 Å². The monoisotopic (exact) mass is 460 g/mol. The first-order chi connectivity index (χ1) is 16.4. The summed E-state index contributed by atoms with van der Waals surface area (Å²) < 4.78 is 0. The minimum absolute atomic E-state index is 0.133. The van der Waals surface area contributed by atoms with E-state index in [-0.39, 0.29) is 29.0 Å². The van der Waals surface area contributed by atoms with Gasteiger partial charge in [-0.1, -0.05) is 12.1 Å². The molecule has 3 aromatic rings. The van der Waals surface area contributed by atoms with Gasteiger partial charge >= 0.3 is 6.03 Å². The number of rotatable bonds is 9. The van der Waals surface area contributed by atoms with E-state index in [0.717, 1.165) is 5.69 Å². The molecule has 1 heterocycles. The molecule has 1 atom stereocenters. The van der Waals surface area contributed by atoms with Gasteiger partial charge in [0.15, 0.2) is 0 Å². The van der Waals surface area contributed by atoms with Crippen molar-refractivity contribution in [1.82, 2.24) is 10.3 Å². The van der Waals surface area contributed by atoms with Gasteiger partial charge in [0.1, 0.15) is 5.69 Å². The van der Waals surface area contributed by atoms with Crippen molar-refractivity contribution >= 4 is 34.7 Å². The molecule has 174 valence electrons. The van der Waals surface area contributed by atoms with Crippen molar-refractivity contribution in [2.45, 2.75) is 13.0 Å². The number of amides is 3. The molecule has 1 aromatic heterocycles. The van der Waals surface area contributed by atoms with Crippen molar-refractivity contribution in [3.05, 3.63) is 101 Å². The summed E-state index contributed by atoms with van der Waals surface area (Å²) >= 11 is 0. The van der Waals surface area contributed by atoms with Crippen molar-refractivity contribution in [3.63, 3.8) is 0 Å². The Kier molecular flexibility index (Phi) is 7.90. The van der Waals surface area contributed by atoms with Gasteiger partial charge in [-0.15, -0.1) is 6.58 Å². The lowest BCUT2D eigenvalue weighted by Gasteiger charge is -2.15. The van der Waals surface area contributed by atoms with Crippen LogP contribution in [0.25, 0.3) is 0 Å². The maximum Gasteiger partial charge on any atom is 0.319 e. The number of nitrogens with one attached hydrogen (secondary N) is 4. The smallest absolute Gasteiger partial charge is 0.319 e. The first-order valence-electron chi connectivity index (χ1n) is 10.4. The lowest BCUT2D eigenvalue weighted by atomic mass is 10.1. The molecule has 3 amide bonds. The summed E-state index contributed by atoms with van der Waals surface area (Å²) in [6, 6.07) is 15.5. The van der Waals surface area contributed by atoms with Gasteiger partial charge in [-0.2, -0.15) is 0 Å². The fourth-order valence-corrected chi connectivity index (χ4v) is 3.07. The fourth-order valence-electron chi connectivity index (χ4n) is 3.07. The molecule has 0 radical (unpaired) electrons. The van der Waals surface area contributed by atoms with E-state index in [1.54, 1.807) is 42.6 Å². The Morgan fingerprint density at radius 1 is 1.09 bits per heavy atom. The van der Waals surface area contributed by atoms with Gasteiger partial charge in [0.05, 0.1) is 16.7 Å². The number of carbonyl (C=O) groups is 2. The Labute approximate surface area is 196 Å². The lowest BCUT2D eigenvalue weighted by Crippen LogP contribution is -2.28. The molecule has 4 N–H and O–H groups in total. The van der Waals surface area contributed by atoms with Crippen LogP contribution in [-0.2, 0) is 0 Å². The molecule has 3 rings (SSSR count). The third-order valence-corrected chi connectivity index (χ3v) is 4.77. The standard InChI is InChI=1S/C24H24N6O4/c1-3-13-26-24(32)29-19-10-8-18(9-11-19)28-23(31)17-7-12-21(22(15-17)30(33)34)27-16(2)20-6-4-5-14-25-20/h3-12,14-16,27H,1,13H2,2H3,(H,28,31)(H2,26,29,32). The van der Waals surface area contributed by atoms with Gasteiger partial charge in [0.2, 0.25) is 0 Å². The highest BCUT2D eigenvalue weighted by molar-refractivity contribution is 6.05. The molecule has 0 spiro atoms. The second-order valence-electron chi connectivity index (χ2n) is 7.26. The summed E-state index contributed by atoms with van der Waals surface area (Å²) in [4.78, 5) is 39.7.